The molecule has 1 rings (SSSR count). The first kappa shape index (κ1) is 12.0. The molecule has 0 amide bonds. The maximum Gasteiger partial charge on any atom is 0.126 e. The van der Waals surface area contributed by atoms with Crippen LogP contribution < -0.4 is 11.1 Å². The predicted molar refractivity (Wildman–Crippen MR) is 65.1 cm³/mol. The molecule has 3 heteroatoms. The zero-order valence-corrected chi connectivity index (χ0v) is 10.0. The average Bonchev–Trinajstić information content (AvgIpc) is 2.17. The highest BCUT2D eigenvalue weighted by Crippen LogP contribution is 2.23. The Labute approximate surface area is 92.1 Å². The number of anilines is 1. The molecular formula is C12H21N3. The SMILES string of the molecule is CC(CN)Nc1cc(C(C)(C)C)ccn1. The molecule has 1 aromatic rings. The maximum absolute atomic E-state index is 5.55. The number of nitrogens with one attached hydrogen (secondary N) is 1. The Morgan fingerprint density at radius 3 is 2.67 bits per heavy atom. The molecule has 0 radical (unpaired) electrons. The van der Waals surface area contributed by atoms with Crippen molar-refractivity contribution in [1.82, 2.24) is 4.98 Å². The molecule has 0 aliphatic rings. The molecule has 3 N–H and O–H groups in total. The van der Waals surface area contributed by atoms with Gasteiger partial charge in [0.25, 0.3) is 0 Å². The smallest absolute Gasteiger partial charge is 0.126 e. The Morgan fingerprint density at radius 1 is 1.47 bits per heavy atom. The van der Waals surface area contributed by atoms with Gasteiger partial charge in [0, 0.05) is 18.8 Å². The zero-order valence-electron chi connectivity index (χ0n) is 10.0. The van der Waals surface area contributed by atoms with Crippen LogP contribution >= 0.6 is 0 Å². The van der Waals surface area contributed by atoms with E-state index in [1.165, 1.54) is 5.56 Å². The first-order valence-electron chi connectivity index (χ1n) is 5.36. The molecule has 3 nitrogen and oxygen atoms in total. The van der Waals surface area contributed by atoms with Crippen molar-refractivity contribution < 1.29 is 0 Å². The Kier molecular flexibility index (Phi) is 3.69. The Morgan fingerprint density at radius 2 is 2.13 bits per heavy atom. The van der Waals surface area contributed by atoms with Gasteiger partial charge in [-0.2, -0.15) is 0 Å². The summed E-state index contributed by atoms with van der Waals surface area (Å²) in [7, 11) is 0. The van der Waals surface area contributed by atoms with Crippen LogP contribution in [-0.2, 0) is 5.41 Å². The topological polar surface area (TPSA) is 50.9 Å². The van der Waals surface area contributed by atoms with E-state index >= 15 is 0 Å². The first-order chi connectivity index (χ1) is 6.93. The van der Waals surface area contributed by atoms with Crippen molar-refractivity contribution in [3.63, 3.8) is 0 Å². The van der Waals surface area contributed by atoms with E-state index in [1.807, 2.05) is 13.1 Å². The summed E-state index contributed by atoms with van der Waals surface area (Å²) in [4.78, 5) is 4.27. The first-order valence-corrected chi connectivity index (χ1v) is 5.36. The fourth-order valence-electron chi connectivity index (χ4n) is 1.29. The van der Waals surface area contributed by atoms with Crippen molar-refractivity contribution in [1.29, 1.82) is 0 Å². The molecule has 0 aromatic carbocycles. The third-order valence-electron chi connectivity index (χ3n) is 2.37. The second kappa shape index (κ2) is 4.62. The Hall–Kier alpha value is -1.09. The number of pyridine rings is 1. The molecule has 1 aromatic heterocycles. The maximum atomic E-state index is 5.55. The molecule has 0 bridgehead atoms. The number of hydrogen-bond acceptors (Lipinski definition) is 3. The van der Waals surface area contributed by atoms with Crippen molar-refractivity contribution in [3.05, 3.63) is 23.9 Å². The quantitative estimate of drug-likeness (QED) is 0.798. The van der Waals surface area contributed by atoms with Crippen molar-refractivity contribution in [2.45, 2.75) is 39.2 Å². The zero-order chi connectivity index (χ0) is 11.5. The lowest BCUT2D eigenvalue weighted by Crippen LogP contribution is -2.26. The number of rotatable bonds is 3. The van der Waals surface area contributed by atoms with E-state index in [9.17, 15) is 0 Å². The molecule has 0 saturated heterocycles. The Balaban J connectivity index is 2.84. The molecule has 0 aliphatic carbocycles. The van der Waals surface area contributed by atoms with Gasteiger partial charge in [0.15, 0.2) is 0 Å². The fraction of sp³-hybridized carbons (Fsp3) is 0.583. The standard InChI is InChI=1S/C12H21N3/c1-9(8-13)15-11-7-10(5-6-14-11)12(2,3)4/h5-7,9H,8,13H2,1-4H3,(H,14,15). The minimum absolute atomic E-state index is 0.158. The molecular weight excluding hydrogens is 186 g/mol. The highest BCUT2D eigenvalue weighted by molar-refractivity contribution is 5.40. The van der Waals surface area contributed by atoms with Gasteiger partial charge in [0.1, 0.15) is 5.82 Å². The molecule has 1 unspecified atom stereocenters. The van der Waals surface area contributed by atoms with E-state index in [1.54, 1.807) is 0 Å². The van der Waals surface area contributed by atoms with Gasteiger partial charge < -0.3 is 11.1 Å². The molecule has 15 heavy (non-hydrogen) atoms. The van der Waals surface area contributed by atoms with E-state index < -0.39 is 0 Å². The number of hydrogen-bond donors (Lipinski definition) is 2. The monoisotopic (exact) mass is 207 g/mol. The van der Waals surface area contributed by atoms with Crippen LogP contribution in [-0.4, -0.2) is 17.6 Å². The summed E-state index contributed by atoms with van der Waals surface area (Å²) in [6.45, 7) is 9.24. The molecule has 1 heterocycles. The fourth-order valence-corrected chi connectivity index (χ4v) is 1.29. The highest BCUT2D eigenvalue weighted by atomic mass is 15.0. The normalized spacial score (nSPS) is 13.7. The van der Waals surface area contributed by atoms with E-state index in [-0.39, 0.29) is 11.5 Å². The largest absolute Gasteiger partial charge is 0.366 e. The van der Waals surface area contributed by atoms with E-state index in [0.717, 1.165) is 5.82 Å². The van der Waals surface area contributed by atoms with Gasteiger partial charge in [-0.1, -0.05) is 20.8 Å². The summed E-state index contributed by atoms with van der Waals surface area (Å²) in [6, 6.07) is 4.40. The van der Waals surface area contributed by atoms with Gasteiger partial charge in [0.05, 0.1) is 0 Å². The van der Waals surface area contributed by atoms with Crippen molar-refractivity contribution in [2.75, 3.05) is 11.9 Å². The second-order valence-electron chi connectivity index (χ2n) is 4.96. The van der Waals surface area contributed by atoms with E-state index in [0.29, 0.717) is 6.54 Å². The third kappa shape index (κ3) is 3.51. The lowest BCUT2D eigenvalue weighted by Gasteiger charge is -2.20. The second-order valence-corrected chi connectivity index (χ2v) is 4.96. The predicted octanol–water partition coefficient (Wildman–Crippen LogP) is 2.14. The molecule has 1 atom stereocenters. The summed E-state index contributed by atoms with van der Waals surface area (Å²) in [5, 5.41) is 3.27. The van der Waals surface area contributed by atoms with Crippen LogP contribution in [0, 0.1) is 0 Å². The molecule has 0 aliphatic heterocycles. The number of nitrogens with zero attached hydrogens (tertiary/aromatic N) is 1. The molecule has 0 fully saturated rings. The van der Waals surface area contributed by atoms with E-state index in [2.05, 4.69) is 43.2 Å². The molecule has 0 saturated carbocycles. The van der Waals surface area contributed by atoms with E-state index in [4.69, 9.17) is 5.73 Å². The minimum Gasteiger partial charge on any atom is -0.366 e. The van der Waals surface area contributed by atoms with Crippen LogP contribution in [0.15, 0.2) is 18.3 Å². The summed E-state index contributed by atoms with van der Waals surface area (Å²) >= 11 is 0. The van der Waals surface area contributed by atoms with Crippen LogP contribution in [0.4, 0.5) is 5.82 Å². The molecule has 84 valence electrons. The third-order valence-corrected chi connectivity index (χ3v) is 2.37. The van der Waals surface area contributed by atoms with Crippen LogP contribution in [0.25, 0.3) is 0 Å². The summed E-state index contributed by atoms with van der Waals surface area (Å²) in [6.07, 6.45) is 1.84. The number of aromatic nitrogens is 1. The Bertz CT molecular complexity index is 315. The van der Waals surface area contributed by atoms with Gasteiger partial charge in [-0.25, -0.2) is 4.98 Å². The summed E-state index contributed by atoms with van der Waals surface area (Å²) in [5.74, 6) is 0.903. The van der Waals surface area contributed by atoms with Gasteiger partial charge in [-0.05, 0) is 30.0 Å². The minimum atomic E-state index is 0.158. The highest BCUT2D eigenvalue weighted by Gasteiger charge is 2.14. The molecule has 0 spiro atoms. The number of nitrogens with two attached hydrogens (primary N) is 1. The van der Waals surface area contributed by atoms with Crippen LogP contribution in [0.2, 0.25) is 0 Å². The van der Waals surface area contributed by atoms with Crippen LogP contribution in [0.1, 0.15) is 33.3 Å². The lowest BCUT2D eigenvalue weighted by molar-refractivity contribution is 0.589. The lowest BCUT2D eigenvalue weighted by atomic mass is 9.88. The summed E-state index contributed by atoms with van der Waals surface area (Å²) in [5.41, 5.74) is 6.99. The summed E-state index contributed by atoms with van der Waals surface area (Å²) < 4.78 is 0. The van der Waals surface area contributed by atoms with Crippen molar-refractivity contribution >= 4 is 5.82 Å². The van der Waals surface area contributed by atoms with Crippen molar-refractivity contribution in [2.24, 2.45) is 5.73 Å². The van der Waals surface area contributed by atoms with Gasteiger partial charge in [0.2, 0.25) is 0 Å². The van der Waals surface area contributed by atoms with Gasteiger partial charge >= 0.3 is 0 Å². The average molecular weight is 207 g/mol. The van der Waals surface area contributed by atoms with Crippen LogP contribution in [0.3, 0.4) is 0 Å². The van der Waals surface area contributed by atoms with Crippen molar-refractivity contribution in [3.8, 4) is 0 Å². The van der Waals surface area contributed by atoms with Gasteiger partial charge in [-0.3, -0.25) is 0 Å². The van der Waals surface area contributed by atoms with Crippen LogP contribution in [0.5, 0.6) is 0 Å². The van der Waals surface area contributed by atoms with Gasteiger partial charge in [-0.15, -0.1) is 0 Å².